The lowest BCUT2D eigenvalue weighted by molar-refractivity contribution is -0.246. The molecule has 19 heavy (non-hydrogen) atoms. The number of hydrogen-bond donors (Lipinski definition) is 0. The van der Waals surface area contributed by atoms with E-state index in [0.29, 0.717) is 5.56 Å². The van der Waals surface area contributed by atoms with Gasteiger partial charge in [0, 0.05) is 13.8 Å². The lowest BCUT2D eigenvalue weighted by Gasteiger charge is -2.42. The Morgan fingerprint density at radius 1 is 0.947 bits per heavy atom. The molecule has 0 saturated carbocycles. The largest absolute Gasteiger partial charge is 0.422 e. The van der Waals surface area contributed by atoms with Gasteiger partial charge < -0.3 is 9.47 Å². The van der Waals surface area contributed by atoms with Crippen molar-refractivity contribution < 1.29 is 19.1 Å². The number of carbonyl (C=O) groups is 2. The van der Waals surface area contributed by atoms with Gasteiger partial charge in [-0.05, 0) is 11.5 Å². The van der Waals surface area contributed by atoms with E-state index in [4.69, 9.17) is 9.47 Å². The second kappa shape index (κ2) is 4.37. The highest BCUT2D eigenvalue weighted by Gasteiger charge is 2.59. The molecule has 0 radical (unpaired) electrons. The molecule has 4 heteroatoms. The highest BCUT2D eigenvalue weighted by Crippen LogP contribution is 2.41. The Bertz CT molecular complexity index is 482. The van der Waals surface area contributed by atoms with Crippen LogP contribution in [0, 0.1) is 5.92 Å². The molecule has 1 aromatic rings. The second-order valence-electron chi connectivity index (χ2n) is 5.51. The van der Waals surface area contributed by atoms with Crippen molar-refractivity contribution in [2.45, 2.75) is 38.9 Å². The van der Waals surface area contributed by atoms with Gasteiger partial charge in [-0.1, -0.05) is 44.2 Å². The third-order valence-electron chi connectivity index (χ3n) is 3.42. The van der Waals surface area contributed by atoms with Crippen LogP contribution < -0.4 is 0 Å². The zero-order chi connectivity index (χ0) is 14.3. The molecule has 0 aliphatic carbocycles. The van der Waals surface area contributed by atoms with E-state index in [9.17, 15) is 9.59 Å². The molecule has 0 amide bonds. The number of ether oxygens (including phenoxy) is 2. The minimum atomic E-state index is -1.38. The average Bonchev–Trinajstić information content (AvgIpc) is 2.27. The molecule has 1 aliphatic rings. The molecule has 1 fully saturated rings. The van der Waals surface area contributed by atoms with Gasteiger partial charge in [-0.25, -0.2) is 0 Å². The molecule has 4 nitrogen and oxygen atoms in total. The van der Waals surface area contributed by atoms with Crippen molar-refractivity contribution in [2.75, 3.05) is 0 Å². The van der Waals surface area contributed by atoms with Crippen LogP contribution in [-0.2, 0) is 24.5 Å². The van der Waals surface area contributed by atoms with Gasteiger partial charge in [0.05, 0.1) is 0 Å². The van der Waals surface area contributed by atoms with Crippen molar-refractivity contribution in [3.63, 3.8) is 0 Å². The van der Waals surface area contributed by atoms with E-state index in [1.807, 2.05) is 19.9 Å². The van der Waals surface area contributed by atoms with Crippen LogP contribution in [-0.4, -0.2) is 17.7 Å². The van der Waals surface area contributed by atoms with Crippen molar-refractivity contribution in [3.05, 3.63) is 35.9 Å². The van der Waals surface area contributed by atoms with Crippen LogP contribution in [0.15, 0.2) is 30.3 Å². The van der Waals surface area contributed by atoms with Crippen LogP contribution in [0.25, 0.3) is 0 Å². The third kappa shape index (κ3) is 2.01. The SMILES string of the molecule is CC(C)C1(c2ccccc2)C(=O)OC(C)(C)OC1=O. The maximum Gasteiger partial charge on any atom is 0.331 e. The smallest absolute Gasteiger partial charge is 0.331 e. The minimum Gasteiger partial charge on any atom is -0.422 e. The first kappa shape index (κ1) is 13.6. The zero-order valence-corrected chi connectivity index (χ0v) is 11.6. The van der Waals surface area contributed by atoms with Gasteiger partial charge in [0.1, 0.15) is 0 Å². The van der Waals surface area contributed by atoms with E-state index in [1.54, 1.807) is 38.1 Å². The number of carbonyl (C=O) groups excluding carboxylic acids is 2. The molecule has 0 N–H and O–H groups in total. The van der Waals surface area contributed by atoms with E-state index in [1.165, 1.54) is 0 Å². The predicted octanol–water partition coefficient (Wildman–Crippen LogP) is 2.42. The Hall–Kier alpha value is -1.84. The van der Waals surface area contributed by atoms with Gasteiger partial charge in [0.15, 0.2) is 5.41 Å². The Morgan fingerprint density at radius 3 is 1.84 bits per heavy atom. The molecule has 0 unspecified atom stereocenters. The molecule has 0 atom stereocenters. The summed E-state index contributed by atoms with van der Waals surface area (Å²) in [6.07, 6.45) is 0. The van der Waals surface area contributed by atoms with Crippen LogP contribution in [0.1, 0.15) is 33.3 Å². The quantitative estimate of drug-likeness (QED) is 0.606. The highest BCUT2D eigenvalue weighted by molar-refractivity contribution is 6.08. The van der Waals surface area contributed by atoms with Crippen molar-refractivity contribution >= 4 is 11.9 Å². The highest BCUT2D eigenvalue weighted by atomic mass is 16.7. The normalized spacial score (nSPS) is 20.9. The molecule has 0 aromatic heterocycles. The van der Waals surface area contributed by atoms with Crippen molar-refractivity contribution in [2.24, 2.45) is 5.92 Å². The van der Waals surface area contributed by atoms with Gasteiger partial charge in [-0.15, -0.1) is 0 Å². The molecule has 1 aromatic carbocycles. The van der Waals surface area contributed by atoms with Crippen LogP contribution in [0.4, 0.5) is 0 Å². The first-order chi connectivity index (χ1) is 8.80. The molecule has 102 valence electrons. The Morgan fingerprint density at radius 2 is 1.42 bits per heavy atom. The van der Waals surface area contributed by atoms with E-state index in [-0.39, 0.29) is 5.92 Å². The fourth-order valence-electron chi connectivity index (χ4n) is 2.45. The molecular weight excluding hydrogens is 244 g/mol. The summed E-state index contributed by atoms with van der Waals surface area (Å²) in [5.41, 5.74) is -0.771. The number of rotatable bonds is 2. The van der Waals surface area contributed by atoms with Crippen LogP contribution in [0.3, 0.4) is 0 Å². The molecule has 1 aliphatic heterocycles. The molecular formula is C15H18O4. The van der Waals surface area contributed by atoms with Crippen molar-refractivity contribution in [1.82, 2.24) is 0 Å². The number of esters is 2. The Labute approximate surface area is 112 Å². The third-order valence-corrected chi connectivity index (χ3v) is 3.42. The number of cyclic esters (lactones) is 2. The lowest BCUT2D eigenvalue weighted by Crippen LogP contribution is -2.59. The second-order valence-corrected chi connectivity index (χ2v) is 5.51. The monoisotopic (exact) mass is 262 g/mol. The minimum absolute atomic E-state index is 0.258. The first-order valence-corrected chi connectivity index (χ1v) is 6.33. The first-order valence-electron chi connectivity index (χ1n) is 6.33. The zero-order valence-electron chi connectivity index (χ0n) is 11.6. The summed E-state index contributed by atoms with van der Waals surface area (Å²) in [4.78, 5) is 24.9. The summed E-state index contributed by atoms with van der Waals surface area (Å²) < 4.78 is 10.6. The molecule has 0 bridgehead atoms. The summed E-state index contributed by atoms with van der Waals surface area (Å²) >= 11 is 0. The number of hydrogen-bond acceptors (Lipinski definition) is 4. The standard InChI is InChI=1S/C15H18O4/c1-10(2)15(11-8-6-5-7-9-11)12(16)18-14(3,4)19-13(15)17/h5-10H,1-4H3. The molecule has 0 spiro atoms. The summed E-state index contributed by atoms with van der Waals surface area (Å²) in [7, 11) is 0. The van der Waals surface area contributed by atoms with Crippen molar-refractivity contribution in [3.8, 4) is 0 Å². The van der Waals surface area contributed by atoms with Gasteiger partial charge in [0.2, 0.25) is 0 Å². The molecule has 1 heterocycles. The van der Waals surface area contributed by atoms with Gasteiger partial charge in [-0.3, -0.25) is 9.59 Å². The average molecular weight is 262 g/mol. The summed E-state index contributed by atoms with van der Waals surface area (Å²) in [6, 6.07) is 8.92. The Balaban J connectivity index is 2.58. The van der Waals surface area contributed by atoms with Gasteiger partial charge >= 0.3 is 11.9 Å². The van der Waals surface area contributed by atoms with E-state index in [0.717, 1.165) is 0 Å². The lowest BCUT2D eigenvalue weighted by atomic mass is 9.71. The molecule has 1 saturated heterocycles. The van der Waals surface area contributed by atoms with E-state index < -0.39 is 23.1 Å². The van der Waals surface area contributed by atoms with Gasteiger partial charge in [-0.2, -0.15) is 0 Å². The number of benzene rings is 1. The fourth-order valence-corrected chi connectivity index (χ4v) is 2.45. The summed E-state index contributed by atoms with van der Waals surface area (Å²) in [6.45, 7) is 6.73. The van der Waals surface area contributed by atoms with E-state index >= 15 is 0 Å². The van der Waals surface area contributed by atoms with Gasteiger partial charge in [0.25, 0.3) is 5.79 Å². The maximum absolute atomic E-state index is 12.5. The van der Waals surface area contributed by atoms with Crippen LogP contribution in [0.5, 0.6) is 0 Å². The van der Waals surface area contributed by atoms with E-state index in [2.05, 4.69) is 0 Å². The Kier molecular flexibility index (Phi) is 3.12. The topological polar surface area (TPSA) is 52.6 Å². The summed E-state index contributed by atoms with van der Waals surface area (Å²) in [5, 5.41) is 0. The van der Waals surface area contributed by atoms with Crippen LogP contribution >= 0.6 is 0 Å². The fraction of sp³-hybridized carbons (Fsp3) is 0.467. The maximum atomic E-state index is 12.5. The predicted molar refractivity (Wildman–Crippen MR) is 69.2 cm³/mol. The van der Waals surface area contributed by atoms with Crippen molar-refractivity contribution in [1.29, 1.82) is 0 Å². The molecule has 2 rings (SSSR count). The summed E-state index contributed by atoms with van der Waals surface area (Å²) in [5.74, 6) is -2.56. The van der Waals surface area contributed by atoms with Crippen LogP contribution in [0.2, 0.25) is 0 Å².